The van der Waals surface area contributed by atoms with E-state index in [1.807, 2.05) is 18.2 Å². The van der Waals surface area contributed by atoms with Gasteiger partial charge in [0.2, 0.25) is 5.95 Å². The number of para-hydroxylation sites is 3. The zero-order valence-corrected chi connectivity index (χ0v) is 15.3. The van der Waals surface area contributed by atoms with Crippen molar-refractivity contribution >= 4 is 34.6 Å². The number of amides is 2. The summed E-state index contributed by atoms with van der Waals surface area (Å²) < 4.78 is 1.34. The van der Waals surface area contributed by atoms with Crippen LogP contribution in [0.1, 0.15) is 38.3 Å². The Hall–Kier alpha value is -4.27. The quantitative estimate of drug-likeness (QED) is 0.451. The molecule has 0 aliphatic heterocycles. The smallest absolute Gasteiger partial charge is 0.279 e. The van der Waals surface area contributed by atoms with Crippen LogP contribution in [0.4, 0.5) is 5.95 Å². The second-order valence-electron chi connectivity index (χ2n) is 6.31. The van der Waals surface area contributed by atoms with Crippen molar-refractivity contribution in [3.8, 4) is 5.69 Å². The number of ketones is 1. The lowest BCUT2D eigenvalue weighted by Gasteiger charge is -2.10. The first-order valence-corrected chi connectivity index (χ1v) is 8.69. The van der Waals surface area contributed by atoms with Gasteiger partial charge in [0.1, 0.15) is 12.0 Å². The van der Waals surface area contributed by atoms with Crippen LogP contribution in [0.5, 0.6) is 0 Å². The Morgan fingerprint density at radius 2 is 1.79 bits per heavy atom. The van der Waals surface area contributed by atoms with Gasteiger partial charge in [-0.1, -0.05) is 24.3 Å². The highest BCUT2D eigenvalue weighted by Gasteiger charge is 2.25. The number of hydrogen-bond acceptors (Lipinski definition) is 5. The molecule has 9 nitrogen and oxygen atoms in total. The van der Waals surface area contributed by atoms with E-state index in [0.717, 1.165) is 5.52 Å². The van der Waals surface area contributed by atoms with E-state index >= 15 is 0 Å². The fraction of sp³-hybridized carbons (Fsp3) is 0.0500. The topological polar surface area (TPSA) is 136 Å². The van der Waals surface area contributed by atoms with Crippen LogP contribution in [0.2, 0.25) is 0 Å². The first-order valence-electron chi connectivity index (χ1n) is 8.69. The van der Waals surface area contributed by atoms with Crippen LogP contribution in [-0.2, 0) is 0 Å². The highest BCUT2D eigenvalue weighted by molar-refractivity contribution is 6.10. The summed E-state index contributed by atoms with van der Waals surface area (Å²) in [7, 11) is 0. The maximum Gasteiger partial charge on any atom is 0.279 e. The summed E-state index contributed by atoms with van der Waals surface area (Å²) in [5, 5.41) is 2.59. The average molecular weight is 388 g/mol. The monoisotopic (exact) mass is 388 g/mol. The number of aromatic nitrogens is 4. The Bertz CT molecular complexity index is 1240. The van der Waals surface area contributed by atoms with Gasteiger partial charge in [0, 0.05) is 5.56 Å². The normalized spacial score (nSPS) is 10.8. The van der Waals surface area contributed by atoms with Crippen LogP contribution in [0.15, 0.2) is 54.9 Å². The Morgan fingerprint density at radius 3 is 2.52 bits per heavy atom. The maximum absolute atomic E-state index is 12.8. The van der Waals surface area contributed by atoms with E-state index < -0.39 is 11.8 Å². The average Bonchev–Trinajstić information content (AvgIpc) is 3.31. The fourth-order valence-electron chi connectivity index (χ4n) is 3.09. The van der Waals surface area contributed by atoms with Crippen LogP contribution in [0.25, 0.3) is 16.7 Å². The molecule has 9 heteroatoms. The van der Waals surface area contributed by atoms with E-state index in [-0.39, 0.29) is 23.1 Å². The van der Waals surface area contributed by atoms with Crippen LogP contribution in [-0.4, -0.2) is 37.1 Å². The van der Waals surface area contributed by atoms with Gasteiger partial charge in [-0.2, -0.15) is 0 Å². The Labute approximate surface area is 164 Å². The molecule has 4 rings (SSSR count). The molecule has 0 bridgehead atoms. The van der Waals surface area contributed by atoms with Crippen LogP contribution in [0.3, 0.4) is 0 Å². The van der Waals surface area contributed by atoms with Gasteiger partial charge in [0.05, 0.1) is 16.7 Å². The number of hydrogen-bond donors (Lipinski definition) is 3. The zero-order chi connectivity index (χ0) is 20.5. The molecule has 0 fully saturated rings. The van der Waals surface area contributed by atoms with Crippen molar-refractivity contribution in [1.82, 2.24) is 19.5 Å². The van der Waals surface area contributed by atoms with E-state index in [1.165, 1.54) is 17.8 Å². The minimum atomic E-state index is -0.851. The van der Waals surface area contributed by atoms with Crippen LogP contribution in [0, 0.1) is 0 Å². The molecule has 0 saturated heterocycles. The van der Waals surface area contributed by atoms with Crippen LogP contribution < -0.4 is 11.1 Å². The van der Waals surface area contributed by atoms with Crippen molar-refractivity contribution in [2.45, 2.75) is 6.92 Å². The molecule has 0 saturated carbocycles. The number of primary amides is 1. The van der Waals surface area contributed by atoms with Crippen molar-refractivity contribution < 1.29 is 14.4 Å². The largest absolute Gasteiger partial charge is 0.364 e. The molecule has 4 N–H and O–H groups in total. The summed E-state index contributed by atoms with van der Waals surface area (Å²) in [6.07, 6.45) is 1.29. The summed E-state index contributed by atoms with van der Waals surface area (Å²) >= 11 is 0. The second-order valence-corrected chi connectivity index (χ2v) is 6.31. The third kappa shape index (κ3) is 3.25. The molecule has 2 heterocycles. The first-order chi connectivity index (χ1) is 14.0. The van der Waals surface area contributed by atoms with E-state index in [2.05, 4.69) is 20.3 Å². The predicted molar refractivity (Wildman–Crippen MR) is 106 cm³/mol. The lowest BCUT2D eigenvalue weighted by atomic mass is 10.1. The summed E-state index contributed by atoms with van der Waals surface area (Å²) in [5.41, 5.74) is 7.43. The van der Waals surface area contributed by atoms with Gasteiger partial charge >= 0.3 is 0 Å². The molecule has 0 aliphatic rings. The molecule has 144 valence electrons. The molecule has 2 aromatic heterocycles. The number of carbonyl (C=O) groups excluding carboxylic acids is 3. The third-order valence-corrected chi connectivity index (χ3v) is 4.38. The molecule has 0 aliphatic carbocycles. The molecule has 0 unspecified atom stereocenters. The van der Waals surface area contributed by atoms with E-state index in [1.54, 1.807) is 30.3 Å². The van der Waals surface area contributed by atoms with Gasteiger partial charge in [-0.15, -0.1) is 0 Å². The number of nitrogens with two attached hydrogens (primary N) is 1. The third-order valence-electron chi connectivity index (χ3n) is 4.38. The second kappa shape index (κ2) is 7.04. The predicted octanol–water partition coefficient (Wildman–Crippen LogP) is 2.30. The standard InChI is InChI=1S/C20H16N6O3/c1-11(27)12-6-2-5-9-15(12)26-10-22-16(17(26)18(21)28)19(29)25-20-23-13-7-3-4-8-14(13)24-20/h2-10H,1H3,(H2,21,28)(H2,23,24,25,29). The summed E-state index contributed by atoms with van der Waals surface area (Å²) in [5.74, 6) is -1.49. The maximum atomic E-state index is 12.8. The Kier molecular flexibility index (Phi) is 4.40. The molecule has 2 amide bonds. The molecule has 2 aromatic carbocycles. The summed E-state index contributed by atoms with van der Waals surface area (Å²) in [6.45, 7) is 1.41. The highest BCUT2D eigenvalue weighted by Crippen LogP contribution is 2.21. The number of nitrogens with one attached hydrogen (secondary N) is 2. The number of anilines is 1. The molecular formula is C20H16N6O3. The number of rotatable bonds is 5. The van der Waals surface area contributed by atoms with E-state index in [0.29, 0.717) is 16.8 Å². The number of aromatic amines is 1. The fourth-order valence-corrected chi connectivity index (χ4v) is 3.09. The van der Waals surface area contributed by atoms with E-state index in [9.17, 15) is 14.4 Å². The van der Waals surface area contributed by atoms with Crippen molar-refractivity contribution in [3.63, 3.8) is 0 Å². The zero-order valence-electron chi connectivity index (χ0n) is 15.3. The molecular weight excluding hydrogens is 372 g/mol. The molecule has 0 atom stereocenters. The number of fused-ring (bicyclic) bond motifs is 1. The highest BCUT2D eigenvalue weighted by atomic mass is 16.2. The number of nitrogens with zero attached hydrogens (tertiary/aromatic N) is 3. The first kappa shape index (κ1) is 18.1. The van der Waals surface area contributed by atoms with Gasteiger partial charge in [0.25, 0.3) is 11.8 Å². The van der Waals surface area contributed by atoms with Crippen molar-refractivity contribution in [2.75, 3.05) is 5.32 Å². The van der Waals surface area contributed by atoms with Crippen molar-refractivity contribution in [2.24, 2.45) is 5.73 Å². The number of imidazole rings is 2. The number of Topliss-reactive ketones (excluding diaryl/α,β-unsaturated/α-hetero) is 1. The van der Waals surface area contributed by atoms with Gasteiger partial charge in [-0.25, -0.2) is 9.97 Å². The van der Waals surface area contributed by atoms with Crippen molar-refractivity contribution in [1.29, 1.82) is 0 Å². The van der Waals surface area contributed by atoms with E-state index in [4.69, 9.17) is 5.73 Å². The molecule has 4 aromatic rings. The SMILES string of the molecule is CC(=O)c1ccccc1-n1cnc(C(=O)Nc2nc3ccccc3[nH]2)c1C(N)=O. The Morgan fingerprint density at radius 1 is 1.07 bits per heavy atom. The number of H-pyrrole nitrogens is 1. The Balaban J connectivity index is 1.74. The van der Waals surface area contributed by atoms with Gasteiger partial charge in [-0.3, -0.25) is 24.3 Å². The molecule has 29 heavy (non-hydrogen) atoms. The number of carbonyl (C=O) groups is 3. The minimum absolute atomic E-state index is 0.132. The lowest BCUT2D eigenvalue weighted by Crippen LogP contribution is -2.23. The summed E-state index contributed by atoms with van der Waals surface area (Å²) in [6, 6.07) is 14.0. The van der Waals surface area contributed by atoms with Gasteiger partial charge in [0.15, 0.2) is 11.5 Å². The van der Waals surface area contributed by atoms with Gasteiger partial charge in [-0.05, 0) is 31.2 Å². The summed E-state index contributed by atoms with van der Waals surface area (Å²) in [4.78, 5) is 48.1. The van der Waals surface area contributed by atoms with Crippen LogP contribution >= 0.6 is 0 Å². The van der Waals surface area contributed by atoms with Crippen molar-refractivity contribution in [3.05, 3.63) is 71.8 Å². The molecule has 0 spiro atoms. The lowest BCUT2D eigenvalue weighted by molar-refractivity contribution is 0.0969. The minimum Gasteiger partial charge on any atom is -0.364 e. The van der Waals surface area contributed by atoms with Gasteiger partial charge < -0.3 is 10.7 Å². The number of benzene rings is 2. The molecule has 0 radical (unpaired) electrons.